The van der Waals surface area contributed by atoms with Crippen LogP contribution in [0.15, 0.2) is 35.0 Å². The molecule has 1 N–H and O–H groups in total. The molecule has 0 saturated heterocycles. The molecule has 0 aliphatic heterocycles. The zero-order valence-electron chi connectivity index (χ0n) is 9.98. The molecule has 18 heavy (non-hydrogen) atoms. The van der Waals surface area contributed by atoms with Crippen molar-refractivity contribution < 1.29 is 0 Å². The van der Waals surface area contributed by atoms with Crippen molar-refractivity contribution >= 4 is 28.6 Å². The number of anilines is 1. The van der Waals surface area contributed by atoms with Gasteiger partial charge in [0.2, 0.25) is 0 Å². The highest BCUT2D eigenvalue weighted by atomic mass is 35.5. The Kier molecular flexibility index (Phi) is 4.24. The monoisotopic (exact) mass is 276 g/mol. The fourth-order valence-corrected chi connectivity index (χ4v) is 2.67. The molecule has 1 aromatic carbocycles. The molecule has 4 heteroatoms. The predicted molar refractivity (Wildman–Crippen MR) is 77.3 cm³/mol. The van der Waals surface area contributed by atoms with Crippen LogP contribution in [-0.2, 0) is 6.42 Å². The lowest BCUT2D eigenvalue weighted by molar-refractivity contribution is 0.792. The summed E-state index contributed by atoms with van der Waals surface area (Å²) in [6.07, 6.45) is 0.941. The fraction of sp³-hybridized carbons (Fsp3) is 0.214. The lowest BCUT2D eigenvalue weighted by atomic mass is 10.1. The van der Waals surface area contributed by atoms with E-state index in [1.165, 1.54) is 5.56 Å². The van der Waals surface area contributed by atoms with Crippen LogP contribution in [-0.4, -0.2) is 6.04 Å². The molecule has 92 valence electrons. The molecule has 1 atom stereocenters. The van der Waals surface area contributed by atoms with E-state index >= 15 is 0 Å². The topological polar surface area (TPSA) is 35.8 Å². The molecule has 0 aliphatic carbocycles. The van der Waals surface area contributed by atoms with Crippen molar-refractivity contribution in [3.8, 4) is 6.07 Å². The van der Waals surface area contributed by atoms with Gasteiger partial charge < -0.3 is 5.32 Å². The van der Waals surface area contributed by atoms with Gasteiger partial charge in [-0.2, -0.15) is 16.6 Å². The van der Waals surface area contributed by atoms with Gasteiger partial charge in [0, 0.05) is 11.1 Å². The SMILES string of the molecule is CC(Cc1ccsc1)Nc1ccc(Cl)cc1C#N. The van der Waals surface area contributed by atoms with Crippen molar-refractivity contribution in [3.63, 3.8) is 0 Å². The van der Waals surface area contributed by atoms with E-state index in [0.29, 0.717) is 10.6 Å². The molecular formula is C14H13ClN2S. The third-order valence-corrected chi connectivity index (χ3v) is 3.59. The Labute approximate surface area is 116 Å². The Morgan fingerprint density at radius 2 is 2.28 bits per heavy atom. The van der Waals surface area contributed by atoms with E-state index in [0.717, 1.165) is 12.1 Å². The van der Waals surface area contributed by atoms with Crippen LogP contribution in [0.3, 0.4) is 0 Å². The molecular weight excluding hydrogens is 264 g/mol. The average Bonchev–Trinajstić information content (AvgIpc) is 2.84. The minimum Gasteiger partial charge on any atom is -0.381 e. The van der Waals surface area contributed by atoms with Crippen LogP contribution in [0.1, 0.15) is 18.1 Å². The summed E-state index contributed by atoms with van der Waals surface area (Å²) >= 11 is 7.57. The second-order valence-electron chi connectivity index (χ2n) is 4.18. The van der Waals surface area contributed by atoms with E-state index in [1.54, 1.807) is 23.5 Å². The van der Waals surface area contributed by atoms with Crippen LogP contribution in [0.2, 0.25) is 5.02 Å². The Morgan fingerprint density at radius 1 is 1.44 bits per heavy atom. The third-order valence-electron chi connectivity index (χ3n) is 2.63. The zero-order valence-corrected chi connectivity index (χ0v) is 11.6. The van der Waals surface area contributed by atoms with Crippen LogP contribution < -0.4 is 5.32 Å². The highest BCUT2D eigenvalue weighted by molar-refractivity contribution is 7.07. The predicted octanol–water partition coefficient (Wildman–Crippen LogP) is 4.32. The summed E-state index contributed by atoms with van der Waals surface area (Å²) in [4.78, 5) is 0. The molecule has 0 fully saturated rings. The van der Waals surface area contributed by atoms with Crippen molar-refractivity contribution in [3.05, 3.63) is 51.2 Å². The number of nitriles is 1. The third kappa shape index (κ3) is 3.25. The molecule has 0 spiro atoms. The van der Waals surface area contributed by atoms with Crippen molar-refractivity contribution in [1.82, 2.24) is 0 Å². The molecule has 0 radical (unpaired) electrons. The largest absolute Gasteiger partial charge is 0.381 e. The number of halogens is 1. The summed E-state index contributed by atoms with van der Waals surface area (Å²) in [5.74, 6) is 0. The van der Waals surface area contributed by atoms with E-state index in [2.05, 4.69) is 35.1 Å². The van der Waals surface area contributed by atoms with E-state index in [-0.39, 0.29) is 6.04 Å². The van der Waals surface area contributed by atoms with Crippen LogP contribution in [0.25, 0.3) is 0 Å². The zero-order chi connectivity index (χ0) is 13.0. The molecule has 1 aromatic heterocycles. The number of rotatable bonds is 4. The molecule has 1 unspecified atom stereocenters. The molecule has 0 saturated carbocycles. The number of hydrogen-bond acceptors (Lipinski definition) is 3. The number of benzene rings is 1. The van der Waals surface area contributed by atoms with Gasteiger partial charge in [0.05, 0.1) is 11.3 Å². The van der Waals surface area contributed by atoms with Gasteiger partial charge in [-0.3, -0.25) is 0 Å². The van der Waals surface area contributed by atoms with Gasteiger partial charge in [0.15, 0.2) is 0 Å². The second kappa shape index (κ2) is 5.90. The smallest absolute Gasteiger partial charge is 0.101 e. The lowest BCUT2D eigenvalue weighted by Gasteiger charge is -2.15. The summed E-state index contributed by atoms with van der Waals surface area (Å²) < 4.78 is 0. The first-order valence-corrected chi connectivity index (χ1v) is 6.98. The first kappa shape index (κ1) is 12.9. The van der Waals surface area contributed by atoms with Crippen molar-refractivity contribution in [1.29, 1.82) is 5.26 Å². The van der Waals surface area contributed by atoms with Crippen LogP contribution >= 0.6 is 22.9 Å². The standard InChI is InChI=1S/C14H13ClN2S/c1-10(6-11-4-5-18-9-11)17-14-3-2-13(15)7-12(14)8-16/h2-5,7,9-10,17H,6H2,1H3. The number of thiophene rings is 1. The quantitative estimate of drug-likeness (QED) is 0.903. The summed E-state index contributed by atoms with van der Waals surface area (Å²) in [5.41, 5.74) is 2.73. The van der Waals surface area contributed by atoms with Gasteiger partial charge in [-0.25, -0.2) is 0 Å². The molecule has 1 heterocycles. The van der Waals surface area contributed by atoms with E-state index < -0.39 is 0 Å². The fourth-order valence-electron chi connectivity index (χ4n) is 1.81. The number of nitrogens with one attached hydrogen (secondary N) is 1. The van der Waals surface area contributed by atoms with Gasteiger partial charge in [0.1, 0.15) is 6.07 Å². The van der Waals surface area contributed by atoms with Crippen molar-refractivity contribution in [2.75, 3.05) is 5.32 Å². The second-order valence-corrected chi connectivity index (χ2v) is 5.40. The molecule has 2 rings (SSSR count). The maximum absolute atomic E-state index is 9.07. The summed E-state index contributed by atoms with van der Waals surface area (Å²) in [6.45, 7) is 2.10. The molecule has 0 amide bonds. The minimum absolute atomic E-state index is 0.271. The van der Waals surface area contributed by atoms with E-state index in [1.807, 2.05) is 6.07 Å². The summed E-state index contributed by atoms with van der Waals surface area (Å²) in [5, 5.41) is 17.2. The molecule has 0 aliphatic rings. The maximum Gasteiger partial charge on any atom is 0.101 e. The summed E-state index contributed by atoms with van der Waals surface area (Å²) in [7, 11) is 0. The lowest BCUT2D eigenvalue weighted by Crippen LogP contribution is -2.18. The molecule has 2 nitrogen and oxygen atoms in total. The first-order valence-electron chi connectivity index (χ1n) is 5.66. The first-order chi connectivity index (χ1) is 8.69. The van der Waals surface area contributed by atoms with Crippen molar-refractivity contribution in [2.45, 2.75) is 19.4 Å². The van der Waals surface area contributed by atoms with E-state index in [9.17, 15) is 0 Å². The van der Waals surface area contributed by atoms with E-state index in [4.69, 9.17) is 16.9 Å². The Hall–Kier alpha value is -1.50. The highest BCUT2D eigenvalue weighted by Crippen LogP contribution is 2.21. The average molecular weight is 277 g/mol. The minimum atomic E-state index is 0.271. The normalized spacial score (nSPS) is 11.8. The van der Waals surface area contributed by atoms with Gasteiger partial charge in [-0.05, 0) is 53.9 Å². The molecule has 2 aromatic rings. The summed E-state index contributed by atoms with van der Waals surface area (Å²) in [6, 6.07) is 9.88. The van der Waals surface area contributed by atoms with Gasteiger partial charge in [-0.1, -0.05) is 11.6 Å². The van der Waals surface area contributed by atoms with Crippen molar-refractivity contribution in [2.24, 2.45) is 0 Å². The van der Waals surface area contributed by atoms with Crippen LogP contribution in [0, 0.1) is 11.3 Å². The Bertz CT molecular complexity index is 558. The molecule has 0 bridgehead atoms. The van der Waals surface area contributed by atoms with Gasteiger partial charge in [0.25, 0.3) is 0 Å². The number of nitrogens with zero attached hydrogens (tertiary/aromatic N) is 1. The Morgan fingerprint density at radius 3 is 2.94 bits per heavy atom. The number of hydrogen-bond donors (Lipinski definition) is 1. The Balaban J connectivity index is 2.07. The van der Waals surface area contributed by atoms with Crippen LogP contribution in [0.4, 0.5) is 5.69 Å². The highest BCUT2D eigenvalue weighted by Gasteiger charge is 2.08. The van der Waals surface area contributed by atoms with Gasteiger partial charge in [-0.15, -0.1) is 0 Å². The van der Waals surface area contributed by atoms with Gasteiger partial charge >= 0.3 is 0 Å². The van der Waals surface area contributed by atoms with Crippen LogP contribution in [0.5, 0.6) is 0 Å². The maximum atomic E-state index is 9.07.